The first-order valence-electron chi connectivity index (χ1n) is 11.4. The number of nitrogens with zero attached hydrogens (tertiary/aromatic N) is 2. The highest BCUT2D eigenvalue weighted by Gasteiger charge is 2.32. The number of fused-ring (bicyclic) bond motifs is 6. The third-order valence-electron chi connectivity index (χ3n) is 6.16. The number of aryl methyl sites for hydroxylation is 1. The minimum atomic E-state index is -2.24. The van der Waals surface area contributed by atoms with Crippen molar-refractivity contribution in [2.45, 2.75) is 20.0 Å². The highest BCUT2D eigenvalue weighted by Crippen LogP contribution is 2.46. The molecule has 4 aromatic carbocycles. The summed E-state index contributed by atoms with van der Waals surface area (Å²) < 4.78 is 30.6. The maximum atomic E-state index is 8.09. The van der Waals surface area contributed by atoms with Gasteiger partial charge in [0.1, 0.15) is 17.3 Å². The van der Waals surface area contributed by atoms with Crippen LogP contribution in [0.4, 0.5) is 17.1 Å². The highest BCUT2D eigenvalue weighted by atomic mass is 16.3. The van der Waals surface area contributed by atoms with E-state index in [-0.39, 0.29) is 6.17 Å². The molecule has 0 N–H and O–H groups in total. The van der Waals surface area contributed by atoms with Crippen LogP contribution in [-0.4, -0.2) is 13.1 Å². The minimum Gasteiger partial charge on any atom is -0.456 e. The van der Waals surface area contributed by atoms with E-state index in [0.29, 0.717) is 0 Å². The van der Waals surface area contributed by atoms with Gasteiger partial charge in [-0.05, 0) is 55.0 Å². The van der Waals surface area contributed by atoms with Gasteiger partial charge in [-0.1, -0.05) is 42.5 Å². The molecule has 0 bridgehead atoms. The van der Waals surface area contributed by atoms with Gasteiger partial charge >= 0.3 is 0 Å². The van der Waals surface area contributed by atoms with Gasteiger partial charge in [0, 0.05) is 33.1 Å². The molecule has 5 aromatic rings. The molecule has 3 heteroatoms. The normalized spacial score (nSPS) is 18.3. The van der Waals surface area contributed by atoms with Crippen LogP contribution in [0.3, 0.4) is 0 Å². The summed E-state index contributed by atoms with van der Waals surface area (Å²) in [5, 5.41) is 4.54. The fourth-order valence-corrected chi connectivity index (χ4v) is 4.72. The van der Waals surface area contributed by atoms with Crippen LogP contribution in [-0.2, 0) is 0 Å². The first kappa shape index (κ1) is 13.7. The molecule has 0 spiro atoms. The standard InChI is InChI=1S/C26H22N2O/c1-16-21(28-17(2)27(3)22-10-6-7-11-23(22)28)14-13-20-25-19-9-5-4-8-18(19)12-15-24(25)29-26(16)20/h4-15,17H,1-3H3/t17-/m0/s1/i3D3. The fraction of sp³-hybridized carbons (Fsp3) is 0.154. The molecule has 6 rings (SSSR count). The average Bonchev–Trinajstić information content (AvgIpc) is 3.29. The molecule has 3 nitrogen and oxygen atoms in total. The van der Waals surface area contributed by atoms with Crippen LogP contribution in [0.15, 0.2) is 77.2 Å². The SMILES string of the molecule is [2H]C([2H])([2H])N1c2ccccc2N(c2ccc3c(oc4ccc5ccccc5c43)c2C)[C@H]1C. The van der Waals surface area contributed by atoms with Gasteiger partial charge in [0.2, 0.25) is 0 Å². The Morgan fingerprint density at radius 2 is 1.62 bits per heavy atom. The predicted octanol–water partition coefficient (Wildman–Crippen LogP) is 6.98. The van der Waals surface area contributed by atoms with E-state index >= 15 is 0 Å². The van der Waals surface area contributed by atoms with Crippen molar-refractivity contribution in [2.24, 2.45) is 0 Å². The number of rotatable bonds is 1. The lowest BCUT2D eigenvalue weighted by Crippen LogP contribution is -2.35. The Morgan fingerprint density at radius 1 is 0.828 bits per heavy atom. The number of furan rings is 1. The molecule has 0 fully saturated rings. The first-order valence-corrected chi connectivity index (χ1v) is 9.87. The molecule has 1 aliphatic rings. The lowest BCUT2D eigenvalue weighted by molar-refractivity contribution is 0.665. The minimum absolute atomic E-state index is 0.360. The Morgan fingerprint density at radius 3 is 2.48 bits per heavy atom. The zero-order chi connectivity index (χ0) is 22.2. The molecule has 0 saturated carbocycles. The zero-order valence-electron chi connectivity index (χ0n) is 19.3. The van der Waals surface area contributed by atoms with Crippen LogP contribution in [0.2, 0.25) is 0 Å². The summed E-state index contributed by atoms with van der Waals surface area (Å²) >= 11 is 0. The van der Waals surface area contributed by atoms with Crippen LogP contribution in [0.5, 0.6) is 0 Å². The number of anilines is 3. The molecule has 29 heavy (non-hydrogen) atoms. The van der Waals surface area contributed by atoms with Crippen LogP contribution >= 0.6 is 0 Å². The maximum absolute atomic E-state index is 8.09. The molecule has 0 aliphatic carbocycles. The van der Waals surface area contributed by atoms with Crippen LogP contribution in [0.25, 0.3) is 32.7 Å². The van der Waals surface area contributed by atoms with Gasteiger partial charge in [-0.25, -0.2) is 0 Å². The Hall–Kier alpha value is -3.46. The summed E-state index contributed by atoms with van der Waals surface area (Å²) in [6.45, 7) is 1.75. The number of benzene rings is 4. The molecule has 2 heterocycles. The van der Waals surface area contributed by atoms with E-state index in [1.807, 2.05) is 49.4 Å². The maximum Gasteiger partial charge on any atom is 0.140 e. The summed E-state index contributed by atoms with van der Waals surface area (Å²) in [5.41, 5.74) is 5.25. The van der Waals surface area contributed by atoms with Crippen molar-refractivity contribution in [3.05, 3.63) is 78.4 Å². The van der Waals surface area contributed by atoms with E-state index in [1.165, 1.54) is 15.7 Å². The topological polar surface area (TPSA) is 19.6 Å². The molecule has 0 saturated heterocycles. The third-order valence-corrected chi connectivity index (χ3v) is 6.16. The quantitative estimate of drug-likeness (QED) is 0.312. The van der Waals surface area contributed by atoms with Crippen LogP contribution < -0.4 is 9.80 Å². The molecule has 0 unspecified atom stereocenters. The largest absolute Gasteiger partial charge is 0.456 e. The molecule has 1 aromatic heterocycles. The van der Waals surface area contributed by atoms with Crippen molar-refractivity contribution < 1.29 is 8.53 Å². The van der Waals surface area contributed by atoms with Gasteiger partial charge in [0.05, 0.1) is 11.4 Å². The Bertz CT molecular complexity index is 1520. The summed E-state index contributed by atoms with van der Waals surface area (Å²) in [5.74, 6) is 0. The second-order valence-corrected chi connectivity index (χ2v) is 7.71. The van der Waals surface area contributed by atoms with Crippen molar-refractivity contribution in [3.63, 3.8) is 0 Å². The van der Waals surface area contributed by atoms with Gasteiger partial charge in [0.15, 0.2) is 0 Å². The lowest BCUT2D eigenvalue weighted by Gasteiger charge is -2.29. The molecule has 1 aliphatic heterocycles. The second kappa shape index (κ2) is 5.77. The van der Waals surface area contributed by atoms with Crippen molar-refractivity contribution in [3.8, 4) is 0 Å². The number of hydrogen-bond acceptors (Lipinski definition) is 3. The third kappa shape index (κ3) is 2.13. The van der Waals surface area contributed by atoms with Crippen molar-refractivity contribution >= 4 is 49.8 Å². The van der Waals surface area contributed by atoms with E-state index < -0.39 is 6.98 Å². The van der Waals surface area contributed by atoms with E-state index in [1.54, 1.807) is 0 Å². The summed E-state index contributed by atoms with van der Waals surface area (Å²) in [6, 6.07) is 24.3. The van der Waals surface area contributed by atoms with Gasteiger partial charge in [-0.2, -0.15) is 0 Å². The zero-order valence-corrected chi connectivity index (χ0v) is 16.3. The van der Waals surface area contributed by atoms with Gasteiger partial charge in [-0.3, -0.25) is 0 Å². The van der Waals surface area contributed by atoms with Gasteiger partial charge in [0.25, 0.3) is 0 Å². The number of para-hydroxylation sites is 2. The van der Waals surface area contributed by atoms with Gasteiger partial charge in [-0.15, -0.1) is 0 Å². The molecule has 0 radical (unpaired) electrons. The highest BCUT2D eigenvalue weighted by molar-refractivity contribution is 6.19. The molecule has 1 atom stereocenters. The molecule has 142 valence electrons. The van der Waals surface area contributed by atoms with E-state index in [0.717, 1.165) is 44.6 Å². The van der Waals surface area contributed by atoms with Gasteiger partial charge < -0.3 is 14.2 Å². The second-order valence-electron chi connectivity index (χ2n) is 7.71. The lowest BCUT2D eigenvalue weighted by atomic mass is 10.0. The van der Waals surface area contributed by atoms with E-state index in [9.17, 15) is 0 Å². The first-order chi connectivity index (χ1) is 15.4. The summed E-state index contributed by atoms with van der Waals surface area (Å²) in [6.07, 6.45) is -0.360. The van der Waals surface area contributed by atoms with Crippen molar-refractivity contribution in [2.75, 3.05) is 16.8 Å². The Kier molecular flexibility index (Phi) is 2.72. The summed E-state index contributed by atoms with van der Waals surface area (Å²) in [7, 11) is 0. The van der Waals surface area contributed by atoms with E-state index in [4.69, 9.17) is 8.53 Å². The number of hydrogen-bond donors (Lipinski definition) is 0. The Balaban J connectivity index is 1.60. The molecular weight excluding hydrogens is 356 g/mol. The monoisotopic (exact) mass is 381 g/mol. The molecular formula is C26H22N2O. The smallest absolute Gasteiger partial charge is 0.140 e. The fourth-order valence-electron chi connectivity index (χ4n) is 4.72. The van der Waals surface area contributed by atoms with Crippen molar-refractivity contribution in [1.29, 1.82) is 0 Å². The van der Waals surface area contributed by atoms with E-state index in [2.05, 4.69) is 42.2 Å². The average molecular weight is 381 g/mol. The Labute approximate surface area is 174 Å². The van der Waals surface area contributed by atoms with Crippen LogP contribution in [0.1, 0.15) is 16.6 Å². The molecule has 0 amide bonds. The van der Waals surface area contributed by atoms with Crippen LogP contribution in [0, 0.1) is 6.92 Å². The summed E-state index contributed by atoms with van der Waals surface area (Å²) in [4.78, 5) is 3.61. The predicted molar refractivity (Wildman–Crippen MR) is 122 cm³/mol. The van der Waals surface area contributed by atoms with Crippen molar-refractivity contribution in [1.82, 2.24) is 0 Å².